The highest BCUT2D eigenvalue weighted by atomic mass is 16.7. The molecule has 0 amide bonds. The van der Waals surface area contributed by atoms with E-state index in [-0.39, 0.29) is 32.7 Å². The number of aliphatic hydroxyl groups is 3. The van der Waals surface area contributed by atoms with Gasteiger partial charge < -0.3 is 34.3 Å². The summed E-state index contributed by atoms with van der Waals surface area (Å²) in [6.07, 6.45) is 38.5. The Kier molecular flexibility index (Phi) is 32.9. The van der Waals surface area contributed by atoms with Crippen LogP contribution in [0.4, 0.5) is 0 Å². The van der Waals surface area contributed by atoms with Crippen molar-refractivity contribution in [2.75, 3.05) is 19.8 Å². The second-order valence-corrected chi connectivity index (χ2v) is 14.8. The van der Waals surface area contributed by atoms with Crippen LogP contribution in [0.5, 0.6) is 0 Å². The van der Waals surface area contributed by atoms with Crippen LogP contribution < -0.4 is 0 Å². The topological polar surface area (TPSA) is 132 Å². The predicted molar refractivity (Wildman–Crippen MR) is 222 cm³/mol. The Bertz CT molecular complexity index is 1080. The molecule has 3 N–H and O–H groups in total. The molecule has 6 unspecified atom stereocenters. The maximum Gasteiger partial charge on any atom is 0.306 e. The summed E-state index contributed by atoms with van der Waals surface area (Å²) in [6.45, 7) is 5.30. The van der Waals surface area contributed by atoms with Crippen molar-refractivity contribution >= 4 is 11.9 Å². The number of hydrogen-bond acceptors (Lipinski definition) is 9. The van der Waals surface area contributed by atoms with Crippen molar-refractivity contribution in [2.45, 2.75) is 193 Å². The predicted octanol–water partition coefficient (Wildman–Crippen LogP) is 9.94. The number of carbonyl (C=O) groups excluding carboxylic acids is 2. The van der Waals surface area contributed by atoms with Gasteiger partial charge in [-0.05, 0) is 51.4 Å². The SMILES string of the molecule is CC/C=C\C/C=C\C/C=C\C/C=C\C/C=C\CCCC(=O)OCC(COC1OC(CO)C(C)C(O)C1O)OC(=O)CCCCCCCCCCCCCCC. The van der Waals surface area contributed by atoms with Crippen LogP contribution in [0.2, 0.25) is 0 Å². The molecular weight excluding hydrogens is 696 g/mol. The molecule has 1 aliphatic heterocycles. The van der Waals surface area contributed by atoms with Crippen LogP contribution in [-0.4, -0.2) is 77.8 Å². The van der Waals surface area contributed by atoms with Gasteiger partial charge in [0.15, 0.2) is 12.4 Å². The van der Waals surface area contributed by atoms with Crippen LogP contribution >= 0.6 is 0 Å². The summed E-state index contributed by atoms with van der Waals surface area (Å²) >= 11 is 0. The Morgan fingerprint density at radius 3 is 1.64 bits per heavy atom. The van der Waals surface area contributed by atoms with Crippen molar-refractivity contribution < 1.29 is 43.9 Å². The highest BCUT2D eigenvalue weighted by Crippen LogP contribution is 2.26. The van der Waals surface area contributed by atoms with Gasteiger partial charge in [-0.1, -0.05) is 159 Å². The minimum atomic E-state index is -1.35. The largest absolute Gasteiger partial charge is 0.462 e. The van der Waals surface area contributed by atoms with Gasteiger partial charge in [0, 0.05) is 18.8 Å². The summed E-state index contributed by atoms with van der Waals surface area (Å²) < 4.78 is 22.5. The van der Waals surface area contributed by atoms with Crippen LogP contribution in [0.25, 0.3) is 0 Å². The summed E-state index contributed by atoms with van der Waals surface area (Å²) in [5.74, 6) is -1.30. The van der Waals surface area contributed by atoms with Gasteiger partial charge in [0.05, 0.1) is 25.4 Å². The normalized spacial score (nSPS) is 21.2. The zero-order chi connectivity index (χ0) is 40.2. The molecule has 0 bridgehead atoms. The Labute approximate surface area is 334 Å². The first-order chi connectivity index (χ1) is 26.8. The lowest BCUT2D eigenvalue weighted by atomic mass is 9.91. The molecule has 9 heteroatoms. The molecule has 1 rings (SSSR count). The third kappa shape index (κ3) is 27.6. The first-order valence-electron chi connectivity index (χ1n) is 21.7. The standard InChI is InChI=1S/C46H78O9/c1-4-6-8-10-12-14-16-18-19-20-21-23-24-26-28-30-32-34-42(48)52-37-40(38-53-46-45(51)44(50)39(3)41(36-47)55-46)54-43(49)35-33-31-29-27-25-22-17-15-13-11-9-7-5-2/h6,8,12,14,18-19,21,23,26,28,39-41,44-47,50-51H,4-5,7,9-11,13,15-17,20,22,24-25,27,29-38H2,1-3H3/b8-6-,14-12-,19-18-,23-21-,28-26-. The van der Waals surface area contributed by atoms with Gasteiger partial charge in [-0.2, -0.15) is 0 Å². The van der Waals surface area contributed by atoms with Crippen molar-refractivity contribution in [1.82, 2.24) is 0 Å². The average Bonchev–Trinajstić information content (AvgIpc) is 3.18. The van der Waals surface area contributed by atoms with E-state index in [4.69, 9.17) is 18.9 Å². The van der Waals surface area contributed by atoms with Gasteiger partial charge in [-0.25, -0.2) is 0 Å². The second-order valence-electron chi connectivity index (χ2n) is 14.8. The third-order valence-corrected chi connectivity index (χ3v) is 9.81. The quantitative estimate of drug-likeness (QED) is 0.0332. The fourth-order valence-electron chi connectivity index (χ4n) is 6.26. The first-order valence-corrected chi connectivity index (χ1v) is 21.7. The highest BCUT2D eigenvalue weighted by molar-refractivity contribution is 5.70. The van der Waals surface area contributed by atoms with Gasteiger partial charge in [0.1, 0.15) is 12.7 Å². The summed E-state index contributed by atoms with van der Waals surface area (Å²) in [5, 5.41) is 30.6. The number of ether oxygens (including phenoxy) is 4. The lowest BCUT2D eigenvalue weighted by Gasteiger charge is -2.40. The molecule has 0 radical (unpaired) electrons. The van der Waals surface area contributed by atoms with E-state index < -0.39 is 48.6 Å². The monoisotopic (exact) mass is 775 g/mol. The molecule has 1 heterocycles. The third-order valence-electron chi connectivity index (χ3n) is 9.81. The van der Waals surface area contributed by atoms with Crippen LogP contribution in [-0.2, 0) is 28.5 Å². The molecule has 1 fully saturated rings. The maximum atomic E-state index is 12.8. The number of carbonyl (C=O) groups is 2. The fourth-order valence-corrected chi connectivity index (χ4v) is 6.26. The van der Waals surface area contributed by atoms with E-state index in [0.29, 0.717) is 12.8 Å². The Balaban J connectivity index is 2.40. The Hall–Kier alpha value is -2.56. The van der Waals surface area contributed by atoms with Crippen molar-refractivity contribution in [2.24, 2.45) is 5.92 Å². The Morgan fingerprint density at radius 2 is 1.11 bits per heavy atom. The van der Waals surface area contributed by atoms with Gasteiger partial charge >= 0.3 is 11.9 Å². The van der Waals surface area contributed by atoms with Gasteiger partial charge in [0.2, 0.25) is 0 Å². The van der Waals surface area contributed by atoms with Crippen LogP contribution in [0.3, 0.4) is 0 Å². The minimum absolute atomic E-state index is 0.198. The number of rotatable bonds is 34. The van der Waals surface area contributed by atoms with Crippen molar-refractivity contribution in [3.8, 4) is 0 Å². The Morgan fingerprint density at radius 1 is 0.618 bits per heavy atom. The van der Waals surface area contributed by atoms with Crippen LogP contribution in [0, 0.1) is 5.92 Å². The molecule has 0 aromatic carbocycles. The van der Waals surface area contributed by atoms with Crippen LogP contribution in [0.15, 0.2) is 60.8 Å². The highest BCUT2D eigenvalue weighted by Gasteiger charge is 2.42. The molecular formula is C46H78O9. The molecule has 0 aromatic rings. The van der Waals surface area contributed by atoms with Gasteiger partial charge in [-0.3, -0.25) is 9.59 Å². The lowest BCUT2D eigenvalue weighted by Crippen LogP contribution is -2.55. The zero-order valence-corrected chi connectivity index (χ0v) is 34.7. The van der Waals surface area contributed by atoms with E-state index in [1.807, 2.05) is 0 Å². The summed E-state index contributed by atoms with van der Waals surface area (Å²) in [7, 11) is 0. The summed E-state index contributed by atoms with van der Waals surface area (Å²) in [4.78, 5) is 25.3. The number of hydrogen-bond donors (Lipinski definition) is 3. The van der Waals surface area contributed by atoms with E-state index in [1.165, 1.54) is 64.2 Å². The second kappa shape index (κ2) is 35.8. The molecule has 0 aliphatic carbocycles. The van der Waals surface area contributed by atoms with Crippen molar-refractivity contribution in [3.05, 3.63) is 60.8 Å². The van der Waals surface area contributed by atoms with Crippen LogP contribution in [0.1, 0.15) is 162 Å². The molecule has 9 nitrogen and oxygen atoms in total. The molecule has 0 spiro atoms. The molecule has 316 valence electrons. The smallest absolute Gasteiger partial charge is 0.306 e. The van der Waals surface area contributed by atoms with E-state index >= 15 is 0 Å². The first kappa shape index (κ1) is 50.5. The molecule has 6 atom stereocenters. The molecule has 0 saturated carbocycles. The van der Waals surface area contributed by atoms with Crippen molar-refractivity contribution in [1.29, 1.82) is 0 Å². The lowest BCUT2D eigenvalue weighted by molar-refractivity contribution is -0.293. The molecule has 1 aliphatic rings. The fraction of sp³-hybridized carbons (Fsp3) is 0.739. The van der Waals surface area contributed by atoms with Gasteiger partial charge in [0.25, 0.3) is 0 Å². The minimum Gasteiger partial charge on any atom is -0.462 e. The van der Waals surface area contributed by atoms with Crippen molar-refractivity contribution in [3.63, 3.8) is 0 Å². The molecule has 1 saturated heterocycles. The number of aliphatic hydroxyl groups excluding tert-OH is 3. The maximum absolute atomic E-state index is 12.8. The number of allylic oxidation sites excluding steroid dienone is 10. The van der Waals surface area contributed by atoms with E-state index in [1.54, 1.807) is 6.92 Å². The summed E-state index contributed by atoms with van der Waals surface area (Å²) in [5.41, 5.74) is 0. The van der Waals surface area contributed by atoms with E-state index in [9.17, 15) is 24.9 Å². The summed E-state index contributed by atoms with van der Waals surface area (Å²) in [6, 6.07) is 0. The number of esters is 2. The zero-order valence-electron chi connectivity index (χ0n) is 34.7. The van der Waals surface area contributed by atoms with E-state index in [2.05, 4.69) is 74.6 Å². The van der Waals surface area contributed by atoms with E-state index in [0.717, 1.165) is 51.4 Å². The average molecular weight is 775 g/mol. The number of unbranched alkanes of at least 4 members (excludes halogenated alkanes) is 13. The molecule has 0 aromatic heterocycles. The molecule has 55 heavy (non-hydrogen) atoms. The van der Waals surface area contributed by atoms with Gasteiger partial charge in [-0.15, -0.1) is 0 Å².